The minimum absolute atomic E-state index is 0.186. The van der Waals surface area contributed by atoms with Crippen LogP contribution in [0, 0.1) is 11.5 Å². The number of aliphatic hydroxyl groups is 1. The Morgan fingerprint density at radius 2 is 1.92 bits per heavy atom. The molecule has 0 fully saturated rings. The Morgan fingerprint density at radius 3 is 2.31 bits per heavy atom. The fourth-order valence-electron chi connectivity index (χ4n) is 0.889. The van der Waals surface area contributed by atoms with Crippen molar-refractivity contribution in [3.8, 4) is 11.5 Å². The summed E-state index contributed by atoms with van der Waals surface area (Å²) in [4.78, 5) is 0. The topological polar surface area (TPSA) is 46.2 Å². The number of hydrogen-bond acceptors (Lipinski definition) is 2. The first kappa shape index (κ1) is 12.7. The van der Waals surface area contributed by atoms with Gasteiger partial charge < -0.3 is 10.8 Å². The van der Waals surface area contributed by atoms with Gasteiger partial charge in [-0.05, 0) is 6.42 Å². The van der Waals surface area contributed by atoms with Crippen LogP contribution >= 0.6 is 0 Å². The van der Waals surface area contributed by atoms with Gasteiger partial charge in [0.15, 0.2) is 0 Å². The summed E-state index contributed by atoms with van der Waals surface area (Å²) in [6, 6.07) is -0.186. The van der Waals surface area contributed by atoms with Crippen molar-refractivity contribution in [2.45, 2.75) is 51.6 Å². The van der Waals surface area contributed by atoms with Crippen LogP contribution in [-0.4, -0.2) is 25.3 Å². The molecule has 0 aromatic carbocycles. The number of hydrogen-bond donors (Lipinski definition) is 2. The second-order valence-corrected chi connectivity index (χ2v) is 9.17. The molecule has 0 aliphatic rings. The van der Waals surface area contributed by atoms with Crippen LogP contribution in [0.25, 0.3) is 0 Å². The lowest BCUT2D eigenvalue weighted by Gasteiger charge is -2.13. The van der Waals surface area contributed by atoms with E-state index in [1.54, 1.807) is 0 Å². The summed E-state index contributed by atoms with van der Waals surface area (Å²) in [5.74, 6) is 2.85. The minimum Gasteiger partial charge on any atom is -0.379 e. The first-order chi connectivity index (χ1) is 5.87. The summed E-state index contributed by atoms with van der Waals surface area (Å²) in [7, 11) is -1.37. The van der Waals surface area contributed by atoms with Gasteiger partial charge >= 0.3 is 0 Å². The zero-order chi connectivity index (χ0) is 10.5. The summed E-state index contributed by atoms with van der Waals surface area (Å²) in [5.41, 5.74) is 8.84. The van der Waals surface area contributed by atoms with Crippen LogP contribution in [-0.2, 0) is 0 Å². The molecule has 0 aromatic heterocycles. The summed E-state index contributed by atoms with van der Waals surface area (Å²) >= 11 is 0. The van der Waals surface area contributed by atoms with Gasteiger partial charge in [-0.1, -0.05) is 38.9 Å². The van der Waals surface area contributed by atoms with E-state index in [-0.39, 0.29) is 6.04 Å². The molecule has 0 spiro atoms. The number of nitrogens with two attached hydrogens (primary N) is 1. The van der Waals surface area contributed by atoms with E-state index >= 15 is 0 Å². The summed E-state index contributed by atoms with van der Waals surface area (Å²) < 4.78 is 0. The smallest absolute Gasteiger partial charge is 0.129 e. The van der Waals surface area contributed by atoms with E-state index in [1.165, 1.54) is 0 Å². The maximum atomic E-state index is 9.54. The normalized spacial score (nSPS) is 15.8. The molecule has 0 amide bonds. The fourth-order valence-corrected chi connectivity index (χ4v) is 1.47. The van der Waals surface area contributed by atoms with E-state index in [0.29, 0.717) is 0 Å². The number of rotatable bonds is 3. The monoisotopic (exact) mass is 199 g/mol. The highest BCUT2D eigenvalue weighted by Crippen LogP contribution is 2.01. The van der Waals surface area contributed by atoms with Crippen molar-refractivity contribution in [3.63, 3.8) is 0 Å². The third-order valence-electron chi connectivity index (χ3n) is 1.62. The SMILES string of the molecule is CCC[C@@H](N)[C@@H](O)C#C[Si](C)(C)C. The highest BCUT2D eigenvalue weighted by atomic mass is 28.3. The molecule has 0 aliphatic carbocycles. The molecule has 0 saturated heterocycles. The molecule has 0 unspecified atom stereocenters. The molecular weight excluding hydrogens is 178 g/mol. The second-order valence-electron chi connectivity index (χ2n) is 4.42. The van der Waals surface area contributed by atoms with E-state index in [9.17, 15) is 5.11 Å². The Balaban J connectivity index is 4.10. The van der Waals surface area contributed by atoms with Crippen LogP contribution in [0.1, 0.15) is 19.8 Å². The van der Waals surface area contributed by atoms with Gasteiger partial charge in [-0.2, -0.15) is 0 Å². The maximum absolute atomic E-state index is 9.54. The molecule has 0 aromatic rings. The molecule has 0 rings (SSSR count). The van der Waals surface area contributed by atoms with Gasteiger partial charge in [0.05, 0.1) is 0 Å². The Morgan fingerprint density at radius 1 is 1.38 bits per heavy atom. The molecule has 76 valence electrons. The first-order valence-corrected chi connectivity index (χ1v) is 8.33. The average Bonchev–Trinajstić information content (AvgIpc) is 1.99. The summed E-state index contributed by atoms with van der Waals surface area (Å²) in [5, 5.41) is 9.54. The van der Waals surface area contributed by atoms with Gasteiger partial charge in [0.1, 0.15) is 14.2 Å². The van der Waals surface area contributed by atoms with Crippen molar-refractivity contribution in [1.29, 1.82) is 0 Å². The third-order valence-corrected chi connectivity index (χ3v) is 2.52. The lowest BCUT2D eigenvalue weighted by molar-refractivity contribution is 0.195. The van der Waals surface area contributed by atoms with Gasteiger partial charge in [0, 0.05) is 6.04 Å². The molecule has 0 aliphatic heterocycles. The van der Waals surface area contributed by atoms with Gasteiger partial charge in [-0.15, -0.1) is 5.54 Å². The van der Waals surface area contributed by atoms with Crippen molar-refractivity contribution in [2.24, 2.45) is 5.73 Å². The van der Waals surface area contributed by atoms with Crippen molar-refractivity contribution in [2.75, 3.05) is 0 Å². The molecular formula is C10H21NOSi. The zero-order valence-electron chi connectivity index (χ0n) is 9.09. The van der Waals surface area contributed by atoms with Gasteiger partial charge in [0.25, 0.3) is 0 Å². The van der Waals surface area contributed by atoms with E-state index < -0.39 is 14.2 Å². The second kappa shape index (κ2) is 5.43. The Hall–Kier alpha value is -0.303. The van der Waals surface area contributed by atoms with Crippen LogP contribution in [0.15, 0.2) is 0 Å². The molecule has 13 heavy (non-hydrogen) atoms. The average molecular weight is 199 g/mol. The Labute approximate surface area is 82.5 Å². The molecule has 3 heteroatoms. The molecule has 3 N–H and O–H groups in total. The van der Waals surface area contributed by atoms with Crippen LogP contribution in [0.5, 0.6) is 0 Å². The van der Waals surface area contributed by atoms with Gasteiger partial charge in [-0.25, -0.2) is 0 Å². The number of aliphatic hydroxyl groups excluding tert-OH is 1. The van der Waals surface area contributed by atoms with E-state index in [2.05, 4.69) is 38.0 Å². The highest BCUT2D eigenvalue weighted by molar-refractivity contribution is 6.83. The molecule has 2 nitrogen and oxygen atoms in total. The van der Waals surface area contributed by atoms with Crippen molar-refractivity contribution in [3.05, 3.63) is 0 Å². The standard InChI is InChI=1S/C10H21NOSi/c1-5-6-9(11)10(12)7-8-13(2,3)4/h9-10,12H,5-6,11H2,1-4H3/t9-,10+/m1/s1. The quantitative estimate of drug-likeness (QED) is 0.532. The van der Waals surface area contributed by atoms with Crippen LogP contribution in [0.4, 0.5) is 0 Å². The predicted octanol–water partition coefficient (Wildman–Crippen LogP) is 1.36. The summed E-state index contributed by atoms with van der Waals surface area (Å²) in [6.07, 6.45) is 1.18. The minimum atomic E-state index is -1.37. The van der Waals surface area contributed by atoms with Crippen LogP contribution in [0.3, 0.4) is 0 Å². The lowest BCUT2D eigenvalue weighted by atomic mass is 10.1. The predicted molar refractivity (Wildman–Crippen MR) is 60.0 cm³/mol. The van der Waals surface area contributed by atoms with Crippen LogP contribution < -0.4 is 5.73 Å². The Bertz CT molecular complexity index is 199. The molecule has 0 bridgehead atoms. The van der Waals surface area contributed by atoms with Crippen molar-refractivity contribution < 1.29 is 5.11 Å². The fraction of sp³-hybridized carbons (Fsp3) is 0.800. The highest BCUT2D eigenvalue weighted by Gasteiger charge is 2.12. The molecule has 2 atom stereocenters. The van der Waals surface area contributed by atoms with E-state index in [4.69, 9.17) is 5.73 Å². The molecule has 0 radical (unpaired) electrons. The zero-order valence-corrected chi connectivity index (χ0v) is 10.1. The summed E-state index contributed by atoms with van der Waals surface area (Å²) in [6.45, 7) is 8.51. The largest absolute Gasteiger partial charge is 0.379 e. The van der Waals surface area contributed by atoms with E-state index in [0.717, 1.165) is 12.8 Å². The maximum Gasteiger partial charge on any atom is 0.129 e. The van der Waals surface area contributed by atoms with Gasteiger partial charge in [0.2, 0.25) is 0 Å². The van der Waals surface area contributed by atoms with E-state index in [1.807, 2.05) is 0 Å². The van der Waals surface area contributed by atoms with Crippen LogP contribution in [0.2, 0.25) is 19.6 Å². The molecule has 0 heterocycles. The lowest BCUT2D eigenvalue weighted by Crippen LogP contribution is -2.33. The Kier molecular flexibility index (Phi) is 5.31. The third kappa shape index (κ3) is 6.82. The van der Waals surface area contributed by atoms with Crippen molar-refractivity contribution in [1.82, 2.24) is 0 Å². The first-order valence-electron chi connectivity index (χ1n) is 4.83. The van der Waals surface area contributed by atoms with Crippen molar-refractivity contribution >= 4 is 8.07 Å². The molecule has 0 saturated carbocycles. The van der Waals surface area contributed by atoms with Gasteiger partial charge in [-0.3, -0.25) is 0 Å².